The van der Waals surface area contributed by atoms with Crippen LogP contribution in [-0.4, -0.2) is 39.3 Å². The predicted molar refractivity (Wildman–Crippen MR) is 79.9 cm³/mol. The summed E-state index contributed by atoms with van der Waals surface area (Å²) in [6, 6.07) is 1.69. The normalized spacial score (nSPS) is 22.1. The van der Waals surface area contributed by atoms with Gasteiger partial charge in [-0.1, -0.05) is 13.8 Å². The summed E-state index contributed by atoms with van der Waals surface area (Å²) in [6.07, 6.45) is 0. The van der Waals surface area contributed by atoms with Crippen molar-refractivity contribution in [2.45, 2.75) is 24.3 Å². The first-order valence-corrected chi connectivity index (χ1v) is 7.42. The van der Waals surface area contributed by atoms with E-state index in [0.29, 0.717) is 13.1 Å². The number of nitrogens with two attached hydrogens (primary N) is 1. The summed E-state index contributed by atoms with van der Waals surface area (Å²) in [4.78, 5) is 24.1. The average Bonchev–Trinajstić information content (AvgIpc) is 2.38. The van der Waals surface area contributed by atoms with Gasteiger partial charge >= 0.3 is 0 Å². The molecule has 114 valence electrons. The van der Waals surface area contributed by atoms with Gasteiger partial charge in [-0.2, -0.15) is 11.8 Å². The summed E-state index contributed by atoms with van der Waals surface area (Å²) in [5, 5.41) is 11.4. The van der Waals surface area contributed by atoms with Crippen molar-refractivity contribution in [2.24, 2.45) is 0 Å². The van der Waals surface area contributed by atoms with Gasteiger partial charge in [0, 0.05) is 23.6 Å². The third kappa shape index (κ3) is 3.26. The minimum absolute atomic E-state index is 0.145. The molecule has 0 radical (unpaired) electrons. The molecule has 2 rings (SSSR count). The molecule has 0 spiro atoms. The molecule has 1 aromatic rings. The van der Waals surface area contributed by atoms with Crippen molar-refractivity contribution in [3.8, 4) is 0 Å². The van der Waals surface area contributed by atoms with E-state index in [-0.39, 0.29) is 21.8 Å². The third-order valence-corrected chi connectivity index (χ3v) is 4.48. The number of halogens is 1. The number of carbonyl (C=O) groups is 1. The van der Waals surface area contributed by atoms with Gasteiger partial charge in [0.25, 0.3) is 11.6 Å². The fourth-order valence-corrected chi connectivity index (χ4v) is 3.77. The lowest BCUT2D eigenvalue weighted by Gasteiger charge is -2.34. The number of hydrogen-bond donors (Lipinski definition) is 1. The fourth-order valence-electron chi connectivity index (χ4n) is 2.45. The molecule has 1 aliphatic heterocycles. The first-order valence-electron chi connectivity index (χ1n) is 6.47. The number of anilines is 1. The van der Waals surface area contributed by atoms with E-state index >= 15 is 0 Å². The highest BCUT2D eigenvalue weighted by Crippen LogP contribution is 2.30. The summed E-state index contributed by atoms with van der Waals surface area (Å²) in [7, 11) is 0. The summed E-state index contributed by atoms with van der Waals surface area (Å²) in [5.41, 5.74) is 4.66. The Balaban J connectivity index is 2.37. The van der Waals surface area contributed by atoms with Gasteiger partial charge in [-0.15, -0.1) is 0 Å². The van der Waals surface area contributed by atoms with Gasteiger partial charge in [0.2, 0.25) is 0 Å². The lowest BCUT2D eigenvalue weighted by atomic mass is 10.1. The van der Waals surface area contributed by atoms with E-state index in [1.54, 1.807) is 16.7 Å². The number of thioether (sulfide) groups is 1. The van der Waals surface area contributed by atoms with Crippen LogP contribution in [0.3, 0.4) is 0 Å². The summed E-state index contributed by atoms with van der Waals surface area (Å²) in [5.74, 6) is -1.30. The van der Waals surface area contributed by atoms with Gasteiger partial charge in [0.05, 0.1) is 16.6 Å². The monoisotopic (exact) mass is 313 g/mol. The lowest BCUT2D eigenvalue weighted by molar-refractivity contribution is -0.384. The zero-order chi connectivity index (χ0) is 15.7. The Morgan fingerprint density at radius 1 is 1.43 bits per heavy atom. The van der Waals surface area contributed by atoms with Gasteiger partial charge in [-0.3, -0.25) is 14.9 Å². The smallest absolute Gasteiger partial charge is 0.295 e. The molecule has 2 N–H and O–H groups in total. The quantitative estimate of drug-likeness (QED) is 0.514. The number of hydrogen-bond acceptors (Lipinski definition) is 5. The molecular formula is C13H16FN3O3S. The van der Waals surface area contributed by atoms with E-state index < -0.39 is 22.3 Å². The van der Waals surface area contributed by atoms with Crippen molar-refractivity contribution in [3.63, 3.8) is 0 Å². The summed E-state index contributed by atoms with van der Waals surface area (Å²) >= 11 is 1.77. The highest BCUT2D eigenvalue weighted by Gasteiger charge is 2.30. The molecule has 0 bridgehead atoms. The number of nitrogens with zero attached hydrogens (tertiary/aromatic N) is 2. The van der Waals surface area contributed by atoms with Crippen LogP contribution >= 0.6 is 11.8 Å². The Morgan fingerprint density at radius 3 is 2.52 bits per heavy atom. The molecule has 1 amide bonds. The van der Waals surface area contributed by atoms with Gasteiger partial charge in [-0.25, -0.2) is 4.39 Å². The maximum absolute atomic E-state index is 13.5. The number of benzene rings is 1. The van der Waals surface area contributed by atoms with Crippen molar-refractivity contribution in [1.82, 2.24) is 4.90 Å². The van der Waals surface area contributed by atoms with Crippen molar-refractivity contribution in [2.75, 3.05) is 18.8 Å². The largest absolute Gasteiger partial charge is 0.393 e. The zero-order valence-corrected chi connectivity index (χ0v) is 12.5. The molecule has 0 aromatic heterocycles. The molecule has 1 fully saturated rings. The van der Waals surface area contributed by atoms with E-state index in [4.69, 9.17) is 5.73 Å². The van der Waals surface area contributed by atoms with Gasteiger partial charge in [0.1, 0.15) is 11.5 Å². The summed E-state index contributed by atoms with van der Waals surface area (Å²) in [6.45, 7) is 5.02. The van der Waals surface area contributed by atoms with Crippen LogP contribution in [0.2, 0.25) is 0 Å². The van der Waals surface area contributed by atoms with E-state index in [2.05, 4.69) is 0 Å². The molecule has 6 nitrogen and oxygen atoms in total. The van der Waals surface area contributed by atoms with Crippen LogP contribution in [0.1, 0.15) is 24.2 Å². The summed E-state index contributed by atoms with van der Waals surface area (Å²) < 4.78 is 13.5. The number of carbonyl (C=O) groups excluding carboxylic acids is 1. The number of amides is 1. The average molecular weight is 313 g/mol. The van der Waals surface area contributed by atoms with Crippen molar-refractivity contribution in [3.05, 3.63) is 33.6 Å². The molecule has 8 heteroatoms. The molecule has 1 aliphatic rings. The SMILES string of the molecule is CC1CN(C(=O)c2cc(F)cc([N+](=O)[O-])c2N)CC(C)S1. The Labute approximate surface area is 125 Å². The Kier molecular flexibility index (Phi) is 4.36. The molecule has 21 heavy (non-hydrogen) atoms. The lowest BCUT2D eigenvalue weighted by Crippen LogP contribution is -2.44. The van der Waals surface area contributed by atoms with Crippen molar-refractivity contribution >= 4 is 29.0 Å². The van der Waals surface area contributed by atoms with E-state index in [1.807, 2.05) is 13.8 Å². The Hall–Kier alpha value is -1.83. The second-order valence-corrected chi connectivity index (χ2v) is 6.99. The topological polar surface area (TPSA) is 89.5 Å². The van der Waals surface area contributed by atoms with E-state index in [1.165, 1.54) is 0 Å². The minimum atomic E-state index is -0.841. The molecule has 1 saturated heterocycles. The number of nitro benzene ring substituents is 1. The van der Waals surface area contributed by atoms with Crippen LogP contribution in [-0.2, 0) is 0 Å². The van der Waals surface area contributed by atoms with Crippen LogP contribution in [0.4, 0.5) is 15.8 Å². The van der Waals surface area contributed by atoms with E-state index in [0.717, 1.165) is 12.1 Å². The second kappa shape index (κ2) is 5.88. The first-order chi connectivity index (χ1) is 9.79. The fraction of sp³-hybridized carbons (Fsp3) is 0.462. The molecular weight excluding hydrogens is 297 g/mol. The molecule has 0 aliphatic carbocycles. The maximum atomic E-state index is 13.5. The van der Waals surface area contributed by atoms with Gasteiger partial charge in [0.15, 0.2) is 0 Å². The molecule has 2 atom stereocenters. The van der Waals surface area contributed by atoms with Crippen LogP contribution in [0.15, 0.2) is 12.1 Å². The molecule has 1 heterocycles. The molecule has 0 saturated carbocycles. The van der Waals surface area contributed by atoms with Crippen LogP contribution in [0.5, 0.6) is 0 Å². The van der Waals surface area contributed by atoms with Crippen molar-refractivity contribution in [1.29, 1.82) is 0 Å². The highest BCUT2D eigenvalue weighted by molar-refractivity contribution is 8.00. The van der Waals surface area contributed by atoms with Crippen LogP contribution < -0.4 is 5.73 Å². The predicted octanol–water partition coefficient (Wildman–Crippen LogP) is 2.28. The second-order valence-electron chi connectivity index (χ2n) is 5.11. The highest BCUT2D eigenvalue weighted by atomic mass is 32.2. The Bertz CT molecular complexity index is 586. The van der Waals surface area contributed by atoms with Gasteiger partial charge in [-0.05, 0) is 6.07 Å². The number of rotatable bonds is 2. The van der Waals surface area contributed by atoms with E-state index in [9.17, 15) is 19.3 Å². The number of nitro groups is 1. The third-order valence-electron chi connectivity index (χ3n) is 3.26. The first kappa shape index (κ1) is 15.6. The number of nitrogen functional groups attached to an aromatic ring is 1. The van der Waals surface area contributed by atoms with Gasteiger partial charge < -0.3 is 10.6 Å². The minimum Gasteiger partial charge on any atom is -0.393 e. The maximum Gasteiger partial charge on any atom is 0.295 e. The molecule has 1 aromatic carbocycles. The molecule has 2 unspecified atom stereocenters. The Morgan fingerprint density at radius 2 is 2.00 bits per heavy atom. The zero-order valence-electron chi connectivity index (χ0n) is 11.7. The van der Waals surface area contributed by atoms with Crippen LogP contribution in [0.25, 0.3) is 0 Å². The van der Waals surface area contributed by atoms with Crippen molar-refractivity contribution < 1.29 is 14.1 Å². The standard InChI is InChI=1S/C13H16FN3O3S/c1-7-5-16(6-8(2)21-7)13(18)10-3-9(14)4-11(12(10)15)17(19)20/h3-4,7-8H,5-6,15H2,1-2H3. The van der Waals surface area contributed by atoms with Crippen LogP contribution in [0, 0.1) is 15.9 Å².